The Morgan fingerprint density at radius 3 is 2.41 bits per heavy atom. The lowest BCUT2D eigenvalue weighted by molar-refractivity contribution is 0.0676. The lowest BCUT2D eigenvalue weighted by atomic mass is 10.2. The fraction of sp³-hybridized carbons (Fsp3) is 1.00. The van der Waals surface area contributed by atoms with Crippen molar-refractivity contribution in [2.24, 2.45) is 0 Å². The summed E-state index contributed by atoms with van der Waals surface area (Å²) < 4.78 is 32.4. The number of aliphatic hydroxyl groups is 1. The summed E-state index contributed by atoms with van der Waals surface area (Å²) in [5.74, 6) is 0. The molecule has 1 atom stereocenters. The van der Waals surface area contributed by atoms with Crippen molar-refractivity contribution in [3.8, 4) is 0 Å². The van der Waals surface area contributed by atoms with Gasteiger partial charge in [0.1, 0.15) is 0 Å². The van der Waals surface area contributed by atoms with Gasteiger partial charge in [0.2, 0.25) is 0 Å². The first-order valence-corrected chi connectivity index (χ1v) is 7.42. The molecular formula is C10H22N2O4S. The molecule has 0 aromatic heterocycles. The van der Waals surface area contributed by atoms with Crippen LogP contribution in [0.2, 0.25) is 0 Å². The highest BCUT2D eigenvalue weighted by molar-refractivity contribution is 7.87. The lowest BCUT2D eigenvalue weighted by Crippen LogP contribution is -2.44. The maximum Gasteiger partial charge on any atom is 0.279 e. The average molecular weight is 266 g/mol. The molecule has 7 heteroatoms. The van der Waals surface area contributed by atoms with E-state index < -0.39 is 16.3 Å². The molecule has 0 aromatic carbocycles. The number of aliphatic hydroxyl groups excluding tert-OH is 1. The van der Waals surface area contributed by atoms with Gasteiger partial charge in [0.25, 0.3) is 10.2 Å². The highest BCUT2D eigenvalue weighted by Gasteiger charge is 2.23. The molecule has 1 rings (SSSR count). The average Bonchev–Trinajstić information content (AvgIpc) is 2.56. The van der Waals surface area contributed by atoms with Crippen molar-refractivity contribution in [2.45, 2.75) is 31.8 Å². The van der Waals surface area contributed by atoms with Crippen molar-refractivity contribution in [1.82, 2.24) is 9.03 Å². The third-order valence-electron chi connectivity index (χ3n) is 2.77. The van der Waals surface area contributed by atoms with Crippen molar-refractivity contribution >= 4 is 10.2 Å². The Hall–Kier alpha value is -0.210. The number of nitrogens with one attached hydrogen (secondary N) is 1. The van der Waals surface area contributed by atoms with Gasteiger partial charge in [0.05, 0.1) is 12.7 Å². The van der Waals surface area contributed by atoms with Crippen LogP contribution in [-0.2, 0) is 14.9 Å². The Balaban J connectivity index is 2.43. The Kier molecular flexibility index (Phi) is 6.35. The number of hydrogen-bond acceptors (Lipinski definition) is 4. The fourth-order valence-electron chi connectivity index (χ4n) is 1.83. The van der Waals surface area contributed by atoms with E-state index in [2.05, 4.69) is 4.72 Å². The van der Waals surface area contributed by atoms with Gasteiger partial charge in [-0.05, 0) is 12.8 Å². The standard InChI is InChI=1S/C10H22N2O4S/c1-16-9-10(13)8-11-17(14,15)12-6-4-2-3-5-7-12/h10-11,13H,2-9H2,1H3. The van der Waals surface area contributed by atoms with E-state index in [1.165, 1.54) is 11.4 Å². The van der Waals surface area contributed by atoms with E-state index in [1.807, 2.05) is 0 Å². The summed E-state index contributed by atoms with van der Waals surface area (Å²) in [6.45, 7) is 1.25. The van der Waals surface area contributed by atoms with E-state index in [4.69, 9.17) is 4.74 Å². The van der Waals surface area contributed by atoms with Gasteiger partial charge in [-0.25, -0.2) is 0 Å². The Bertz CT molecular complexity index is 299. The molecule has 1 aliphatic heterocycles. The number of methoxy groups -OCH3 is 1. The van der Waals surface area contributed by atoms with Crippen molar-refractivity contribution < 1.29 is 18.3 Å². The minimum Gasteiger partial charge on any atom is -0.389 e. The molecule has 6 nitrogen and oxygen atoms in total. The third kappa shape index (κ3) is 5.31. The monoisotopic (exact) mass is 266 g/mol. The first kappa shape index (κ1) is 14.8. The molecular weight excluding hydrogens is 244 g/mol. The van der Waals surface area contributed by atoms with E-state index in [0.717, 1.165) is 25.7 Å². The molecule has 1 saturated heterocycles. The molecule has 0 aliphatic carbocycles. The van der Waals surface area contributed by atoms with Crippen molar-refractivity contribution in [3.63, 3.8) is 0 Å². The SMILES string of the molecule is COCC(O)CNS(=O)(=O)N1CCCCCC1. The molecule has 1 aliphatic rings. The van der Waals surface area contributed by atoms with Crippen LogP contribution in [0.3, 0.4) is 0 Å². The van der Waals surface area contributed by atoms with Crippen LogP contribution >= 0.6 is 0 Å². The quantitative estimate of drug-likeness (QED) is 0.692. The molecule has 0 aromatic rings. The summed E-state index contributed by atoms with van der Waals surface area (Å²) in [7, 11) is -1.99. The highest BCUT2D eigenvalue weighted by Crippen LogP contribution is 2.12. The Labute approximate surface area is 103 Å². The van der Waals surface area contributed by atoms with Crippen molar-refractivity contribution in [3.05, 3.63) is 0 Å². The topological polar surface area (TPSA) is 78.9 Å². The molecule has 0 radical (unpaired) electrons. The minimum atomic E-state index is -3.45. The number of hydrogen-bond donors (Lipinski definition) is 2. The molecule has 0 bridgehead atoms. The van der Waals surface area contributed by atoms with Crippen LogP contribution in [0.25, 0.3) is 0 Å². The molecule has 0 spiro atoms. The molecule has 102 valence electrons. The van der Waals surface area contributed by atoms with Gasteiger partial charge in [-0.1, -0.05) is 12.8 Å². The smallest absolute Gasteiger partial charge is 0.279 e. The molecule has 17 heavy (non-hydrogen) atoms. The molecule has 0 amide bonds. The van der Waals surface area contributed by atoms with Gasteiger partial charge in [-0.2, -0.15) is 17.4 Å². The van der Waals surface area contributed by atoms with Gasteiger partial charge in [0.15, 0.2) is 0 Å². The van der Waals surface area contributed by atoms with Crippen molar-refractivity contribution in [1.29, 1.82) is 0 Å². The zero-order valence-electron chi connectivity index (χ0n) is 10.3. The van der Waals surface area contributed by atoms with Crippen LogP contribution in [0.5, 0.6) is 0 Å². The van der Waals surface area contributed by atoms with Gasteiger partial charge in [-0.15, -0.1) is 0 Å². The number of nitrogens with zero attached hydrogens (tertiary/aromatic N) is 1. The van der Waals surface area contributed by atoms with E-state index >= 15 is 0 Å². The molecule has 0 saturated carbocycles. The first-order chi connectivity index (χ1) is 8.06. The first-order valence-electron chi connectivity index (χ1n) is 5.98. The summed E-state index contributed by atoms with van der Waals surface area (Å²) >= 11 is 0. The zero-order chi connectivity index (χ0) is 12.7. The van der Waals surface area contributed by atoms with E-state index in [-0.39, 0.29) is 13.2 Å². The largest absolute Gasteiger partial charge is 0.389 e. The maximum absolute atomic E-state index is 11.9. The zero-order valence-corrected chi connectivity index (χ0v) is 11.1. The van der Waals surface area contributed by atoms with Crippen LogP contribution in [0.15, 0.2) is 0 Å². The summed E-state index contributed by atoms with van der Waals surface area (Å²) in [6, 6.07) is 0. The van der Waals surface area contributed by atoms with Crippen LogP contribution in [0.1, 0.15) is 25.7 Å². The maximum atomic E-state index is 11.9. The predicted molar refractivity (Wildman–Crippen MR) is 64.8 cm³/mol. The molecule has 1 fully saturated rings. The van der Waals surface area contributed by atoms with Crippen molar-refractivity contribution in [2.75, 3.05) is 33.4 Å². The second-order valence-corrected chi connectivity index (χ2v) is 6.03. The van der Waals surface area contributed by atoms with Gasteiger partial charge < -0.3 is 9.84 Å². The molecule has 1 unspecified atom stereocenters. The van der Waals surface area contributed by atoms with Crippen LogP contribution < -0.4 is 4.72 Å². The van der Waals surface area contributed by atoms with Gasteiger partial charge >= 0.3 is 0 Å². The summed E-state index contributed by atoms with van der Waals surface area (Å²) in [4.78, 5) is 0. The van der Waals surface area contributed by atoms with Gasteiger partial charge in [0, 0.05) is 26.7 Å². The normalized spacial score (nSPS) is 21.1. The third-order valence-corrected chi connectivity index (χ3v) is 4.34. The van der Waals surface area contributed by atoms with E-state index in [0.29, 0.717) is 13.1 Å². The Morgan fingerprint density at radius 2 is 1.88 bits per heavy atom. The number of rotatable bonds is 6. The fourth-order valence-corrected chi connectivity index (χ4v) is 3.15. The molecule has 1 heterocycles. The lowest BCUT2D eigenvalue weighted by Gasteiger charge is -2.21. The van der Waals surface area contributed by atoms with Crippen LogP contribution in [0, 0.1) is 0 Å². The second-order valence-electron chi connectivity index (χ2n) is 4.28. The van der Waals surface area contributed by atoms with Crippen LogP contribution in [-0.4, -0.2) is 57.3 Å². The van der Waals surface area contributed by atoms with E-state index in [9.17, 15) is 13.5 Å². The second kappa shape index (κ2) is 7.27. The van der Waals surface area contributed by atoms with Crippen LogP contribution in [0.4, 0.5) is 0 Å². The molecule has 2 N–H and O–H groups in total. The summed E-state index contributed by atoms with van der Waals surface area (Å²) in [6.07, 6.45) is 3.17. The van der Waals surface area contributed by atoms with Gasteiger partial charge in [-0.3, -0.25) is 0 Å². The highest BCUT2D eigenvalue weighted by atomic mass is 32.2. The number of ether oxygens (including phenoxy) is 1. The summed E-state index contributed by atoms with van der Waals surface area (Å²) in [5, 5.41) is 9.40. The minimum absolute atomic E-state index is 0.00727. The van der Waals surface area contributed by atoms with E-state index in [1.54, 1.807) is 0 Å². The Morgan fingerprint density at radius 1 is 1.29 bits per heavy atom. The summed E-state index contributed by atoms with van der Waals surface area (Å²) in [5.41, 5.74) is 0. The predicted octanol–water partition coefficient (Wildman–Crippen LogP) is -0.296.